The second-order valence-corrected chi connectivity index (χ2v) is 5.05. The third-order valence-corrected chi connectivity index (χ3v) is 3.43. The molecule has 1 aromatic carbocycles. The molecule has 1 heterocycles. The summed E-state index contributed by atoms with van der Waals surface area (Å²) in [6, 6.07) is 4.59. The number of carbonyl (C=O) groups is 1. The van der Waals surface area contributed by atoms with Gasteiger partial charge in [-0.15, -0.1) is 5.10 Å². The second-order valence-electron chi connectivity index (χ2n) is 5.05. The minimum atomic E-state index is -4.63. The van der Waals surface area contributed by atoms with Gasteiger partial charge in [0.05, 0.1) is 37.1 Å². The van der Waals surface area contributed by atoms with E-state index in [-0.39, 0.29) is 23.6 Å². The lowest BCUT2D eigenvalue weighted by Crippen LogP contribution is -2.18. The molecule has 2 N–H and O–H groups in total. The van der Waals surface area contributed by atoms with Gasteiger partial charge in [0.15, 0.2) is 5.69 Å². The van der Waals surface area contributed by atoms with Crippen LogP contribution in [-0.2, 0) is 24.1 Å². The minimum Gasteiger partial charge on any atom is -0.461 e. The van der Waals surface area contributed by atoms with Gasteiger partial charge in [-0.25, -0.2) is 9.48 Å². The third kappa shape index (κ3) is 4.15. The first-order chi connectivity index (χ1) is 11.8. The maximum absolute atomic E-state index is 13.0. The molecular weight excluding hydrogens is 343 g/mol. The predicted molar refractivity (Wildman–Crippen MR) is 78.3 cm³/mol. The molecule has 136 valence electrons. The highest BCUT2D eigenvalue weighted by Crippen LogP contribution is 2.34. The van der Waals surface area contributed by atoms with Gasteiger partial charge >= 0.3 is 12.1 Å². The second kappa shape index (κ2) is 7.62. The fourth-order valence-corrected chi connectivity index (χ4v) is 2.30. The van der Waals surface area contributed by atoms with Crippen LogP contribution in [0.4, 0.5) is 13.2 Å². The van der Waals surface area contributed by atoms with E-state index in [2.05, 4.69) is 10.3 Å². The molecule has 1 aromatic heterocycles. The van der Waals surface area contributed by atoms with E-state index in [0.29, 0.717) is 0 Å². The Balaban J connectivity index is 2.31. The van der Waals surface area contributed by atoms with Crippen LogP contribution in [0.1, 0.15) is 40.3 Å². The number of aromatic nitrogens is 3. The molecule has 0 fully saturated rings. The van der Waals surface area contributed by atoms with E-state index in [0.717, 1.165) is 16.8 Å². The minimum absolute atomic E-state index is 0.0537. The van der Waals surface area contributed by atoms with Gasteiger partial charge in [-0.3, -0.25) is 0 Å². The number of hydrogen-bond donors (Lipinski definition) is 2. The van der Waals surface area contributed by atoms with Crippen molar-refractivity contribution >= 4 is 5.97 Å². The molecule has 0 saturated carbocycles. The lowest BCUT2D eigenvalue weighted by molar-refractivity contribution is -0.139. The quantitative estimate of drug-likeness (QED) is 0.762. The van der Waals surface area contributed by atoms with Crippen LogP contribution in [0.15, 0.2) is 24.3 Å². The summed E-state index contributed by atoms with van der Waals surface area (Å²) < 4.78 is 44.9. The highest BCUT2D eigenvalue weighted by atomic mass is 19.4. The Hall–Kier alpha value is -2.46. The van der Waals surface area contributed by atoms with Crippen molar-refractivity contribution < 1.29 is 32.9 Å². The van der Waals surface area contributed by atoms with Crippen molar-refractivity contribution in [2.75, 3.05) is 6.61 Å². The molecular formula is C15H16F3N3O4. The Morgan fingerprint density at radius 3 is 2.64 bits per heavy atom. The van der Waals surface area contributed by atoms with Gasteiger partial charge in [0.25, 0.3) is 0 Å². The Morgan fingerprint density at radius 2 is 2.04 bits per heavy atom. The summed E-state index contributed by atoms with van der Waals surface area (Å²) in [5.41, 5.74) is -1.62. The lowest BCUT2D eigenvalue weighted by atomic mass is 10.0. The molecule has 2 aromatic rings. The zero-order valence-corrected chi connectivity index (χ0v) is 13.2. The van der Waals surface area contributed by atoms with Gasteiger partial charge in [0.2, 0.25) is 0 Å². The third-order valence-electron chi connectivity index (χ3n) is 3.43. The molecule has 0 aliphatic heterocycles. The monoisotopic (exact) mass is 359 g/mol. The molecule has 0 aliphatic rings. The molecule has 1 unspecified atom stereocenters. The first-order valence-corrected chi connectivity index (χ1v) is 7.34. The molecule has 0 amide bonds. The number of esters is 1. The smallest absolute Gasteiger partial charge is 0.416 e. The summed E-state index contributed by atoms with van der Waals surface area (Å²) in [6.45, 7) is 0.598. The highest BCUT2D eigenvalue weighted by Gasteiger charge is 2.35. The van der Waals surface area contributed by atoms with E-state index >= 15 is 0 Å². The first kappa shape index (κ1) is 18.9. The zero-order chi connectivity index (χ0) is 18.6. The summed E-state index contributed by atoms with van der Waals surface area (Å²) in [5, 5.41) is 26.8. The van der Waals surface area contributed by atoms with E-state index in [1.54, 1.807) is 6.92 Å². The number of alkyl halides is 3. The Bertz CT molecular complexity index is 746. The molecule has 1 atom stereocenters. The summed E-state index contributed by atoms with van der Waals surface area (Å²) in [6.07, 6.45) is -6.20. The lowest BCUT2D eigenvalue weighted by Gasteiger charge is -2.18. The number of ether oxygens (including phenoxy) is 1. The van der Waals surface area contributed by atoms with E-state index in [1.165, 1.54) is 12.1 Å². The predicted octanol–water partition coefficient (Wildman–Crippen LogP) is 1.70. The van der Waals surface area contributed by atoms with Crippen LogP contribution >= 0.6 is 0 Å². The van der Waals surface area contributed by atoms with Crippen LogP contribution in [0.25, 0.3) is 0 Å². The van der Waals surface area contributed by atoms with Gasteiger partial charge in [0, 0.05) is 0 Å². The van der Waals surface area contributed by atoms with Gasteiger partial charge in [-0.05, 0) is 18.6 Å². The van der Waals surface area contributed by atoms with E-state index in [4.69, 9.17) is 4.74 Å². The number of aliphatic hydroxyl groups is 2. The average Bonchev–Trinajstić information content (AvgIpc) is 2.97. The Labute approximate surface area is 140 Å². The highest BCUT2D eigenvalue weighted by molar-refractivity contribution is 5.88. The van der Waals surface area contributed by atoms with Crippen molar-refractivity contribution in [1.82, 2.24) is 15.0 Å². The number of rotatable bonds is 6. The maximum atomic E-state index is 13.0. The Kier molecular flexibility index (Phi) is 5.75. The summed E-state index contributed by atoms with van der Waals surface area (Å²) in [5.74, 6) is -0.817. The van der Waals surface area contributed by atoms with Crippen molar-refractivity contribution in [3.05, 3.63) is 46.8 Å². The number of halogens is 3. The number of carbonyl (C=O) groups excluding carboxylic acids is 1. The average molecular weight is 359 g/mol. The van der Waals surface area contributed by atoms with Crippen LogP contribution in [0, 0.1) is 0 Å². The van der Waals surface area contributed by atoms with Crippen LogP contribution in [0.3, 0.4) is 0 Å². The van der Waals surface area contributed by atoms with Gasteiger partial charge in [0.1, 0.15) is 0 Å². The number of nitrogens with zero attached hydrogens (tertiary/aromatic N) is 3. The summed E-state index contributed by atoms with van der Waals surface area (Å²) in [7, 11) is 0. The van der Waals surface area contributed by atoms with E-state index in [9.17, 15) is 28.2 Å². The fraction of sp³-hybridized carbons (Fsp3) is 0.400. The molecule has 7 nitrogen and oxygen atoms in total. The number of hydrogen-bond acceptors (Lipinski definition) is 6. The standard InChI is InChI=1S/C15H16F3N3O4/c1-2-25-14(24)13-11(8-22)21(20-19-13)7-12(23)9-5-3-4-6-10(9)15(16,17)18/h3-6,12,22-23H,2,7-8H2,1H3. The van der Waals surface area contributed by atoms with Gasteiger partial charge < -0.3 is 14.9 Å². The maximum Gasteiger partial charge on any atom is 0.416 e. The number of benzene rings is 1. The largest absolute Gasteiger partial charge is 0.461 e. The molecule has 25 heavy (non-hydrogen) atoms. The van der Waals surface area contributed by atoms with Gasteiger partial charge in [-0.2, -0.15) is 13.2 Å². The van der Waals surface area contributed by atoms with Crippen molar-refractivity contribution in [1.29, 1.82) is 0 Å². The summed E-state index contributed by atoms with van der Waals surface area (Å²) >= 11 is 0. The molecule has 0 aliphatic carbocycles. The van der Waals surface area contributed by atoms with Crippen LogP contribution in [0.5, 0.6) is 0 Å². The van der Waals surface area contributed by atoms with Gasteiger partial charge in [-0.1, -0.05) is 23.4 Å². The molecule has 0 spiro atoms. The SMILES string of the molecule is CCOC(=O)c1nnn(CC(O)c2ccccc2C(F)(F)F)c1CO. The number of aliphatic hydroxyl groups excluding tert-OH is 2. The van der Waals surface area contributed by atoms with Crippen LogP contribution in [0.2, 0.25) is 0 Å². The van der Waals surface area contributed by atoms with Crippen molar-refractivity contribution in [3.8, 4) is 0 Å². The zero-order valence-electron chi connectivity index (χ0n) is 13.2. The first-order valence-electron chi connectivity index (χ1n) is 7.34. The van der Waals surface area contributed by atoms with E-state index < -0.39 is 37.0 Å². The molecule has 0 radical (unpaired) electrons. The fourth-order valence-electron chi connectivity index (χ4n) is 2.30. The topological polar surface area (TPSA) is 97.5 Å². The van der Waals surface area contributed by atoms with Crippen LogP contribution in [-0.4, -0.2) is 37.8 Å². The van der Waals surface area contributed by atoms with E-state index in [1.807, 2.05) is 0 Å². The Morgan fingerprint density at radius 1 is 1.36 bits per heavy atom. The van der Waals surface area contributed by atoms with Crippen molar-refractivity contribution in [2.24, 2.45) is 0 Å². The molecule has 0 bridgehead atoms. The molecule has 2 rings (SSSR count). The molecule has 0 saturated heterocycles. The van der Waals surface area contributed by atoms with Crippen molar-refractivity contribution in [2.45, 2.75) is 32.4 Å². The summed E-state index contributed by atoms with van der Waals surface area (Å²) in [4.78, 5) is 11.7. The normalized spacial score (nSPS) is 12.9. The van der Waals surface area contributed by atoms with Crippen LogP contribution < -0.4 is 0 Å². The molecule has 10 heteroatoms. The van der Waals surface area contributed by atoms with Crippen molar-refractivity contribution in [3.63, 3.8) is 0 Å².